The molecule has 1 radical (unpaired) electrons. The van der Waals surface area contributed by atoms with Crippen molar-refractivity contribution in [3.8, 4) is 0 Å². The number of unbranched alkanes of at least 4 members (excludes halogenated alkanes) is 29. The average Bonchev–Trinajstić information content (AvgIpc) is 3.02. The van der Waals surface area contributed by atoms with Crippen molar-refractivity contribution in [2.75, 3.05) is 0 Å². The van der Waals surface area contributed by atoms with Crippen LogP contribution in [0.5, 0.6) is 0 Å². The van der Waals surface area contributed by atoms with Gasteiger partial charge < -0.3 is 0 Å². The average molecular weight is 604 g/mol. The van der Waals surface area contributed by atoms with Gasteiger partial charge in [-0.05, 0) is 37.5 Å². The summed E-state index contributed by atoms with van der Waals surface area (Å²) in [6, 6.07) is 0. The van der Waals surface area contributed by atoms with Crippen LogP contribution in [0.4, 0.5) is 0 Å². The molecule has 0 aliphatic carbocycles. The summed E-state index contributed by atoms with van der Waals surface area (Å²) < 4.78 is 0. The van der Waals surface area contributed by atoms with Crippen molar-refractivity contribution in [3.05, 3.63) is 5.92 Å². The molecule has 0 heteroatoms. The van der Waals surface area contributed by atoms with Crippen molar-refractivity contribution < 1.29 is 0 Å². The molecule has 0 aliphatic heterocycles. The topological polar surface area (TPSA) is 0 Å². The van der Waals surface area contributed by atoms with E-state index in [1.165, 1.54) is 238 Å². The van der Waals surface area contributed by atoms with Crippen LogP contribution in [-0.4, -0.2) is 0 Å². The first kappa shape index (κ1) is 43.0. The SMILES string of the molecule is CCCCCCCCCCC[C](CCCCCCCCC)C(CCCCCCCCCC)CCCCCCCCCCC. The zero-order valence-electron chi connectivity index (χ0n) is 31.2. The lowest BCUT2D eigenvalue weighted by molar-refractivity contribution is 0.370. The van der Waals surface area contributed by atoms with E-state index in [1.807, 2.05) is 5.92 Å². The normalized spacial score (nSPS) is 12.5. The molecule has 0 fully saturated rings. The summed E-state index contributed by atoms with van der Waals surface area (Å²) in [6.45, 7) is 9.34. The first-order chi connectivity index (χ1) is 21.3. The fraction of sp³-hybridized carbons (Fsp3) is 0.977. The monoisotopic (exact) mass is 604 g/mol. The lowest BCUT2D eigenvalue weighted by Gasteiger charge is -2.28. The third-order valence-corrected chi connectivity index (χ3v) is 10.3. The molecular weight excluding hydrogens is 516 g/mol. The van der Waals surface area contributed by atoms with Crippen LogP contribution in [0.2, 0.25) is 0 Å². The van der Waals surface area contributed by atoms with Gasteiger partial charge in [0.1, 0.15) is 0 Å². The summed E-state index contributed by atoms with van der Waals surface area (Å²) in [5, 5.41) is 0. The van der Waals surface area contributed by atoms with Gasteiger partial charge in [0.15, 0.2) is 0 Å². The summed E-state index contributed by atoms with van der Waals surface area (Å²) in [4.78, 5) is 0. The predicted octanol–water partition coefficient (Wildman–Crippen LogP) is 16.7. The molecule has 0 bridgehead atoms. The zero-order chi connectivity index (χ0) is 31.3. The predicted molar refractivity (Wildman–Crippen MR) is 200 cm³/mol. The molecule has 0 aliphatic rings. The molecular formula is C43H87. The Labute approximate surface area is 276 Å². The van der Waals surface area contributed by atoms with Crippen molar-refractivity contribution in [1.82, 2.24) is 0 Å². The van der Waals surface area contributed by atoms with Crippen molar-refractivity contribution in [3.63, 3.8) is 0 Å². The van der Waals surface area contributed by atoms with Gasteiger partial charge in [-0.3, -0.25) is 0 Å². The minimum Gasteiger partial charge on any atom is -0.0654 e. The molecule has 0 saturated heterocycles. The Morgan fingerprint density at radius 1 is 0.256 bits per heavy atom. The van der Waals surface area contributed by atoms with E-state index >= 15 is 0 Å². The third kappa shape index (κ3) is 33.2. The van der Waals surface area contributed by atoms with Gasteiger partial charge in [-0.25, -0.2) is 0 Å². The fourth-order valence-corrected chi connectivity index (χ4v) is 7.28. The Kier molecular flexibility index (Phi) is 38.2. The molecule has 0 aromatic heterocycles. The molecule has 0 saturated carbocycles. The molecule has 0 spiro atoms. The summed E-state index contributed by atoms with van der Waals surface area (Å²) in [5.41, 5.74) is 0. The maximum absolute atomic E-state index is 2.34. The van der Waals surface area contributed by atoms with Crippen LogP contribution in [0, 0.1) is 11.8 Å². The Morgan fingerprint density at radius 2 is 0.465 bits per heavy atom. The molecule has 1 unspecified atom stereocenters. The van der Waals surface area contributed by atoms with Gasteiger partial charge in [-0.2, -0.15) is 0 Å². The lowest BCUT2D eigenvalue weighted by Crippen LogP contribution is -2.14. The molecule has 1 atom stereocenters. The van der Waals surface area contributed by atoms with Gasteiger partial charge in [0.2, 0.25) is 0 Å². The standard InChI is InChI=1S/C43H87/c1-5-9-13-17-21-24-28-32-36-40-42(38-34-30-26-20-16-12-8-4)43(39-35-31-27-23-19-15-11-7-3)41-37-33-29-25-22-18-14-10-6-2/h43H,5-41H2,1-4H3. The molecule has 0 aromatic carbocycles. The van der Waals surface area contributed by atoms with Gasteiger partial charge >= 0.3 is 0 Å². The fourth-order valence-electron chi connectivity index (χ4n) is 7.28. The van der Waals surface area contributed by atoms with Crippen LogP contribution in [0.3, 0.4) is 0 Å². The highest BCUT2D eigenvalue weighted by molar-refractivity contribution is 4.96. The molecule has 0 amide bonds. The quantitative estimate of drug-likeness (QED) is 0.0616. The van der Waals surface area contributed by atoms with Crippen LogP contribution in [0.15, 0.2) is 0 Å². The number of rotatable bonds is 38. The Morgan fingerprint density at radius 3 is 0.721 bits per heavy atom. The molecule has 0 aromatic rings. The van der Waals surface area contributed by atoms with Gasteiger partial charge in [-0.15, -0.1) is 0 Å². The van der Waals surface area contributed by atoms with E-state index < -0.39 is 0 Å². The third-order valence-electron chi connectivity index (χ3n) is 10.3. The van der Waals surface area contributed by atoms with Crippen LogP contribution < -0.4 is 0 Å². The number of hydrogen-bond donors (Lipinski definition) is 0. The van der Waals surface area contributed by atoms with E-state index in [2.05, 4.69) is 27.7 Å². The van der Waals surface area contributed by atoms with Crippen LogP contribution in [0.25, 0.3) is 0 Å². The van der Waals surface area contributed by atoms with Crippen molar-refractivity contribution >= 4 is 0 Å². The highest BCUT2D eigenvalue weighted by Crippen LogP contribution is 2.35. The van der Waals surface area contributed by atoms with Gasteiger partial charge in [0.25, 0.3) is 0 Å². The first-order valence-corrected chi connectivity index (χ1v) is 21.1. The van der Waals surface area contributed by atoms with Crippen molar-refractivity contribution in [1.29, 1.82) is 0 Å². The largest absolute Gasteiger partial charge is 0.0654 e. The lowest BCUT2D eigenvalue weighted by atomic mass is 9.78. The zero-order valence-corrected chi connectivity index (χ0v) is 31.2. The second-order valence-electron chi connectivity index (χ2n) is 14.7. The maximum atomic E-state index is 2.34. The summed E-state index contributed by atoms with van der Waals surface area (Å²) in [7, 11) is 0. The molecule has 43 heavy (non-hydrogen) atoms. The summed E-state index contributed by atoms with van der Waals surface area (Å²) >= 11 is 0. The van der Waals surface area contributed by atoms with E-state index in [4.69, 9.17) is 0 Å². The van der Waals surface area contributed by atoms with Crippen LogP contribution >= 0.6 is 0 Å². The van der Waals surface area contributed by atoms with Crippen molar-refractivity contribution in [2.24, 2.45) is 5.92 Å². The van der Waals surface area contributed by atoms with E-state index in [-0.39, 0.29) is 0 Å². The highest BCUT2D eigenvalue weighted by atomic mass is 14.3. The Bertz CT molecular complexity index is 467. The van der Waals surface area contributed by atoms with E-state index in [1.54, 1.807) is 0 Å². The molecule has 0 N–H and O–H groups in total. The maximum Gasteiger partial charge on any atom is -0.0210 e. The van der Waals surface area contributed by atoms with E-state index in [0.29, 0.717) is 0 Å². The smallest absolute Gasteiger partial charge is 0.0210 e. The minimum absolute atomic E-state index is 0.943. The van der Waals surface area contributed by atoms with Gasteiger partial charge in [0.05, 0.1) is 0 Å². The second kappa shape index (κ2) is 38.2. The molecule has 0 rings (SSSR count). The Hall–Kier alpha value is 0. The number of hydrogen-bond acceptors (Lipinski definition) is 0. The summed E-state index contributed by atoms with van der Waals surface area (Å²) in [6.07, 6.45) is 54.2. The highest BCUT2D eigenvalue weighted by Gasteiger charge is 2.21. The minimum atomic E-state index is 0.943. The van der Waals surface area contributed by atoms with Gasteiger partial charge in [0, 0.05) is 0 Å². The van der Waals surface area contributed by atoms with E-state index in [0.717, 1.165) is 5.92 Å². The van der Waals surface area contributed by atoms with Crippen LogP contribution in [-0.2, 0) is 0 Å². The van der Waals surface area contributed by atoms with E-state index in [9.17, 15) is 0 Å². The molecule has 0 nitrogen and oxygen atoms in total. The van der Waals surface area contributed by atoms with Gasteiger partial charge in [-0.1, -0.05) is 240 Å². The first-order valence-electron chi connectivity index (χ1n) is 21.1. The Balaban J connectivity index is 4.74. The second-order valence-corrected chi connectivity index (χ2v) is 14.7. The van der Waals surface area contributed by atoms with Crippen molar-refractivity contribution in [2.45, 2.75) is 265 Å². The molecule has 0 heterocycles. The molecule has 259 valence electrons. The van der Waals surface area contributed by atoms with Crippen LogP contribution in [0.1, 0.15) is 265 Å². The summed E-state index contributed by atoms with van der Waals surface area (Å²) in [5.74, 6) is 2.97.